The molecule has 11 heavy (non-hydrogen) atoms. The molecule has 0 unspecified atom stereocenters. The van der Waals surface area contributed by atoms with E-state index in [2.05, 4.69) is 0 Å². The van der Waals surface area contributed by atoms with Crippen LogP contribution in [0.4, 0.5) is 7.77 Å². The first-order valence-corrected chi connectivity index (χ1v) is 5.36. The van der Waals surface area contributed by atoms with Crippen LogP contribution in [0.3, 0.4) is 0 Å². The zero-order valence-corrected chi connectivity index (χ0v) is 6.75. The Kier molecular flexibility index (Phi) is 1.54. The molecule has 0 atom stereocenters. The quantitative estimate of drug-likeness (QED) is 0.600. The van der Waals surface area contributed by atoms with Crippen molar-refractivity contribution in [1.29, 1.82) is 0 Å². The molecule has 0 saturated heterocycles. The van der Waals surface area contributed by atoms with Gasteiger partial charge in [-0.05, 0) is 12.8 Å². The van der Waals surface area contributed by atoms with Gasteiger partial charge in [0.05, 0.1) is 0 Å². The molecule has 1 saturated carbocycles. The number of rotatable bonds is 2. The second-order valence-corrected chi connectivity index (χ2v) is 5.86. The molecule has 0 N–H and O–H groups in total. The molecule has 0 radical (unpaired) electrons. The second-order valence-electron chi connectivity index (χ2n) is 2.29. The third-order valence-corrected chi connectivity index (χ3v) is 5.34. The highest BCUT2D eigenvalue weighted by Gasteiger charge is 2.66. The highest BCUT2D eigenvalue weighted by Crippen LogP contribution is 2.49. The normalized spacial score (nSPS) is 23.1. The summed E-state index contributed by atoms with van der Waals surface area (Å²) in [5.41, 5.74) is 0. The first-order chi connectivity index (χ1) is 4.71. The maximum absolute atomic E-state index is 12.1. The van der Waals surface area contributed by atoms with Gasteiger partial charge in [-0.15, -0.1) is 7.77 Å². The molecule has 4 nitrogen and oxygen atoms in total. The molecule has 1 rings (SSSR count). The maximum atomic E-state index is 12.1. The van der Waals surface area contributed by atoms with Crippen LogP contribution in [-0.2, 0) is 20.4 Å². The van der Waals surface area contributed by atoms with Gasteiger partial charge in [-0.25, -0.2) is 0 Å². The Bertz CT molecular complexity index is 328. The van der Waals surface area contributed by atoms with Crippen molar-refractivity contribution in [3.05, 3.63) is 0 Å². The summed E-state index contributed by atoms with van der Waals surface area (Å²) in [6, 6.07) is 0. The van der Waals surface area contributed by atoms with Crippen LogP contribution >= 0.6 is 0 Å². The van der Waals surface area contributed by atoms with Crippen LogP contribution in [0.1, 0.15) is 12.8 Å². The summed E-state index contributed by atoms with van der Waals surface area (Å²) >= 11 is 0. The van der Waals surface area contributed by atoms with Crippen molar-refractivity contribution >= 4 is 20.4 Å². The average molecular weight is 206 g/mol. The molecule has 1 aliphatic carbocycles. The maximum Gasteiger partial charge on any atom is 0.325 e. The van der Waals surface area contributed by atoms with E-state index >= 15 is 0 Å². The molecule has 1 aliphatic rings. The third-order valence-electron chi connectivity index (χ3n) is 1.55. The molecule has 0 aliphatic heterocycles. The monoisotopic (exact) mass is 206 g/mol. The van der Waals surface area contributed by atoms with Crippen molar-refractivity contribution < 1.29 is 24.6 Å². The molecule has 0 aromatic heterocycles. The van der Waals surface area contributed by atoms with Crippen LogP contribution in [0.25, 0.3) is 0 Å². The summed E-state index contributed by atoms with van der Waals surface area (Å²) in [7, 11) is -10.6. The Morgan fingerprint density at radius 1 is 0.909 bits per heavy atom. The van der Waals surface area contributed by atoms with Gasteiger partial charge in [0.2, 0.25) is 4.08 Å². The number of hydrogen-bond acceptors (Lipinski definition) is 4. The Balaban J connectivity index is 3.26. The van der Waals surface area contributed by atoms with Gasteiger partial charge in [-0.1, -0.05) is 0 Å². The van der Waals surface area contributed by atoms with E-state index in [1.807, 2.05) is 0 Å². The molecule has 0 amide bonds. The molecular formula is C3H4F2O4S2. The summed E-state index contributed by atoms with van der Waals surface area (Å²) < 4.78 is 61.7. The number of hydrogen-bond donors (Lipinski definition) is 0. The number of halogens is 2. The van der Waals surface area contributed by atoms with Crippen LogP contribution in [0.2, 0.25) is 0 Å². The van der Waals surface area contributed by atoms with Crippen LogP contribution in [0, 0.1) is 0 Å². The Labute approximate surface area is 62.6 Å². The van der Waals surface area contributed by atoms with Crippen molar-refractivity contribution in [1.82, 2.24) is 0 Å². The van der Waals surface area contributed by atoms with Gasteiger partial charge in [0, 0.05) is 0 Å². The molecule has 0 bridgehead atoms. The van der Waals surface area contributed by atoms with E-state index in [1.165, 1.54) is 0 Å². The summed E-state index contributed by atoms with van der Waals surface area (Å²) in [5.74, 6) is 0. The smallest absolute Gasteiger partial charge is 0.193 e. The summed E-state index contributed by atoms with van der Waals surface area (Å²) in [5, 5.41) is 0. The summed E-state index contributed by atoms with van der Waals surface area (Å²) in [6.07, 6.45) is -0.991. The van der Waals surface area contributed by atoms with Gasteiger partial charge in [-0.3, -0.25) is 0 Å². The van der Waals surface area contributed by atoms with E-state index in [-0.39, 0.29) is 0 Å². The van der Waals surface area contributed by atoms with Crippen molar-refractivity contribution in [2.45, 2.75) is 16.9 Å². The lowest BCUT2D eigenvalue weighted by atomic mass is 10.9. The van der Waals surface area contributed by atoms with Crippen molar-refractivity contribution in [3.63, 3.8) is 0 Å². The lowest BCUT2D eigenvalue weighted by Crippen LogP contribution is -2.26. The van der Waals surface area contributed by atoms with Crippen LogP contribution < -0.4 is 0 Å². The molecule has 1 fully saturated rings. The average Bonchev–Trinajstić information content (AvgIpc) is 2.31. The predicted octanol–water partition coefficient (Wildman–Crippen LogP) is 0.0751. The van der Waals surface area contributed by atoms with Crippen molar-refractivity contribution in [2.75, 3.05) is 0 Å². The zero-order chi connectivity index (χ0) is 8.91. The van der Waals surface area contributed by atoms with Gasteiger partial charge in [0.25, 0.3) is 0 Å². The molecule has 0 aromatic rings. The fraction of sp³-hybridized carbons (Fsp3) is 1.00. The highest BCUT2D eigenvalue weighted by atomic mass is 32.3. The van der Waals surface area contributed by atoms with Gasteiger partial charge in [0.1, 0.15) is 0 Å². The van der Waals surface area contributed by atoms with Crippen LogP contribution in [0.15, 0.2) is 0 Å². The van der Waals surface area contributed by atoms with Gasteiger partial charge < -0.3 is 0 Å². The Morgan fingerprint density at radius 2 is 1.18 bits per heavy atom. The van der Waals surface area contributed by atoms with Gasteiger partial charge in [-0.2, -0.15) is 16.8 Å². The molecule has 0 aromatic carbocycles. The Hall–Kier alpha value is -0.240. The van der Waals surface area contributed by atoms with E-state index in [0.717, 1.165) is 0 Å². The summed E-state index contributed by atoms with van der Waals surface area (Å²) in [6.45, 7) is 0. The van der Waals surface area contributed by atoms with Crippen LogP contribution in [-0.4, -0.2) is 20.9 Å². The van der Waals surface area contributed by atoms with E-state index in [0.29, 0.717) is 0 Å². The SMILES string of the molecule is O=S(=O)(F)C1(S(=O)(=O)F)CC1. The fourth-order valence-electron chi connectivity index (χ4n) is 0.709. The van der Waals surface area contributed by atoms with Crippen LogP contribution in [0.5, 0.6) is 0 Å². The van der Waals surface area contributed by atoms with E-state index in [4.69, 9.17) is 0 Å². The van der Waals surface area contributed by atoms with E-state index < -0.39 is 37.4 Å². The standard InChI is InChI=1S/C3H4F2O4S2/c4-10(6,7)3(1-2-3)11(5,8)9/h1-2H2. The minimum atomic E-state index is -5.31. The van der Waals surface area contributed by atoms with Gasteiger partial charge in [0.15, 0.2) is 0 Å². The topological polar surface area (TPSA) is 68.3 Å². The second kappa shape index (κ2) is 1.92. The lowest BCUT2D eigenvalue weighted by Gasteiger charge is -2.01. The van der Waals surface area contributed by atoms with E-state index in [9.17, 15) is 24.6 Å². The lowest BCUT2D eigenvalue weighted by molar-refractivity contribution is 0.522. The highest BCUT2D eigenvalue weighted by molar-refractivity contribution is 8.06. The van der Waals surface area contributed by atoms with E-state index in [1.54, 1.807) is 0 Å². The largest absolute Gasteiger partial charge is 0.325 e. The van der Waals surface area contributed by atoms with Crippen molar-refractivity contribution in [2.24, 2.45) is 0 Å². The fourth-order valence-corrected chi connectivity index (χ4v) is 2.84. The minimum Gasteiger partial charge on any atom is -0.193 e. The van der Waals surface area contributed by atoms with Crippen molar-refractivity contribution in [3.8, 4) is 0 Å². The summed E-state index contributed by atoms with van der Waals surface area (Å²) in [4.78, 5) is 0. The third kappa shape index (κ3) is 1.13. The molecular weight excluding hydrogens is 202 g/mol. The molecule has 0 spiro atoms. The first-order valence-electron chi connectivity index (χ1n) is 2.59. The predicted molar refractivity (Wildman–Crippen MR) is 32.0 cm³/mol. The molecule has 8 heteroatoms. The molecule has 66 valence electrons. The first kappa shape index (κ1) is 8.85. The molecule has 0 heterocycles. The Morgan fingerprint density at radius 3 is 1.18 bits per heavy atom. The van der Waals surface area contributed by atoms with Gasteiger partial charge >= 0.3 is 20.4 Å². The minimum absolute atomic E-state index is 0.495. The zero-order valence-electron chi connectivity index (χ0n) is 5.12.